The lowest BCUT2D eigenvalue weighted by Gasteiger charge is -2.04. The number of azo groups is 1. The van der Waals surface area contributed by atoms with Gasteiger partial charge in [0.1, 0.15) is 0 Å². The lowest BCUT2D eigenvalue weighted by atomic mass is 10.1. The van der Waals surface area contributed by atoms with Gasteiger partial charge in [0.05, 0.1) is 5.52 Å². The molecular formula is C18H16N4O3S. The molecule has 26 heavy (non-hydrogen) atoms. The second-order valence-electron chi connectivity index (χ2n) is 5.87. The third kappa shape index (κ3) is 3.06. The van der Waals surface area contributed by atoms with Gasteiger partial charge in [-0.1, -0.05) is 24.3 Å². The van der Waals surface area contributed by atoms with Crippen LogP contribution in [0.3, 0.4) is 0 Å². The maximum absolute atomic E-state index is 10.1. The Labute approximate surface area is 154 Å². The van der Waals surface area contributed by atoms with Gasteiger partial charge < -0.3 is 24.9 Å². The van der Waals surface area contributed by atoms with E-state index in [1.165, 1.54) is 0 Å². The largest absolute Gasteiger partial charge is 0.493 e. The van der Waals surface area contributed by atoms with Gasteiger partial charge in [0, 0.05) is 11.9 Å². The number of ether oxygens (including phenoxy) is 2. The average molecular weight is 368 g/mol. The fourth-order valence-corrected chi connectivity index (χ4v) is 2.91. The molecule has 8 heteroatoms. The lowest BCUT2D eigenvalue weighted by Crippen LogP contribution is -2.18. The summed E-state index contributed by atoms with van der Waals surface area (Å²) < 4.78 is 10.6. The second kappa shape index (κ2) is 6.64. The van der Waals surface area contributed by atoms with E-state index in [1.54, 1.807) is 0 Å². The molecular weight excluding hydrogens is 352 g/mol. The van der Waals surface area contributed by atoms with Crippen LogP contribution in [0.15, 0.2) is 46.6 Å². The highest BCUT2D eigenvalue weighted by atomic mass is 32.1. The summed E-state index contributed by atoms with van der Waals surface area (Å²) in [6.07, 6.45) is 0. The van der Waals surface area contributed by atoms with Crippen molar-refractivity contribution in [2.75, 3.05) is 6.79 Å². The first-order valence-corrected chi connectivity index (χ1v) is 8.41. The molecule has 0 radical (unpaired) electrons. The molecule has 132 valence electrons. The van der Waals surface area contributed by atoms with E-state index >= 15 is 0 Å². The minimum absolute atomic E-state index is 0.0309. The average Bonchev–Trinajstić information content (AvgIpc) is 3.22. The Morgan fingerprint density at radius 3 is 3.00 bits per heavy atom. The SMILES string of the molecule is Cc1cccc2c(N=NC(=S)NCc3ccc4c(c3)OCO4)c(O)[nH]c12. The van der Waals surface area contributed by atoms with E-state index in [0.717, 1.165) is 33.5 Å². The van der Waals surface area contributed by atoms with Crippen LogP contribution in [0.5, 0.6) is 17.4 Å². The highest BCUT2D eigenvalue weighted by molar-refractivity contribution is 7.80. The number of rotatable bonds is 3. The molecule has 7 nitrogen and oxygen atoms in total. The number of H-pyrrole nitrogens is 1. The van der Waals surface area contributed by atoms with Crippen LogP contribution in [-0.2, 0) is 6.54 Å². The van der Waals surface area contributed by atoms with Gasteiger partial charge in [0.25, 0.3) is 0 Å². The van der Waals surface area contributed by atoms with E-state index in [2.05, 4.69) is 20.5 Å². The van der Waals surface area contributed by atoms with Crippen molar-refractivity contribution in [3.8, 4) is 17.4 Å². The highest BCUT2D eigenvalue weighted by Crippen LogP contribution is 2.36. The minimum Gasteiger partial charge on any atom is -0.493 e. The number of aromatic nitrogens is 1. The maximum Gasteiger partial charge on any atom is 0.231 e. The molecule has 4 rings (SSSR count). The first-order chi connectivity index (χ1) is 12.6. The monoisotopic (exact) mass is 368 g/mol. The van der Waals surface area contributed by atoms with Crippen LogP contribution in [0.2, 0.25) is 0 Å². The Bertz CT molecular complexity index is 1030. The summed E-state index contributed by atoms with van der Waals surface area (Å²) in [5.41, 5.74) is 3.20. The van der Waals surface area contributed by atoms with Crippen molar-refractivity contribution in [2.24, 2.45) is 10.2 Å². The number of aryl methyl sites for hydroxylation is 1. The Hall–Kier alpha value is -3.13. The van der Waals surface area contributed by atoms with Gasteiger partial charge in [-0.3, -0.25) is 0 Å². The third-order valence-electron chi connectivity index (χ3n) is 4.12. The summed E-state index contributed by atoms with van der Waals surface area (Å²) in [6, 6.07) is 11.4. The molecule has 2 heterocycles. The van der Waals surface area contributed by atoms with E-state index in [-0.39, 0.29) is 17.8 Å². The number of thiocarbonyl (C=S) groups is 1. The Kier molecular flexibility index (Phi) is 4.18. The summed E-state index contributed by atoms with van der Waals surface area (Å²) >= 11 is 5.20. The van der Waals surface area contributed by atoms with E-state index in [4.69, 9.17) is 21.7 Å². The van der Waals surface area contributed by atoms with Gasteiger partial charge >= 0.3 is 0 Å². The molecule has 0 aliphatic carbocycles. The first-order valence-electron chi connectivity index (χ1n) is 8.00. The molecule has 2 aromatic carbocycles. The van der Waals surface area contributed by atoms with Gasteiger partial charge in [-0.15, -0.1) is 10.2 Å². The zero-order chi connectivity index (χ0) is 18.1. The smallest absolute Gasteiger partial charge is 0.231 e. The second-order valence-corrected chi connectivity index (χ2v) is 6.25. The molecule has 0 saturated carbocycles. The molecule has 0 atom stereocenters. The van der Waals surface area contributed by atoms with Gasteiger partial charge in [0.15, 0.2) is 17.2 Å². The van der Waals surface area contributed by atoms with Crippen molar-refractivity contribution in [3.05, 3.63) is 47.5 Å². The van der Waals surface area contributed by atoms with Crippen LogP contribution in [0.25, 0.3) is 10.9 Å². The molecule has 1 aliphatic heterocycles. The summed E-state index contributed by atoms with van der Waals surface area (Å²) in [6.45, 7) is 2.68. The summed E-state index contributed by atoms with van der Waals surface area (Å²) in [4.78, 5) is 2.91. The van der Waals surface area contributed by atoms with Crippen molar-refractivity contribution < 1.29 is 14.6 Å². The quantitative estimate of drug-likeness (QED) is 0.479. The normalized spacial score (nSPS) is 12.8. The van der Waals surface area contributed by atoms with E-state index < -0.39 is 0 Å². The molecule has 0 amide bonds. The molecule has 0 unspecified atom stereocenters. The van der Waals surface area contributed by atoms with Gasteiger partial charge in [0.2, 0.25) is 17.8 Å². The van der Waals surface area contributed by atoms with E-state index in [0.29, 0.717) is 12.2 Å². The van der Waals surface area contributed by atoms with Gasteiger partial charge in [-0.05, 0) is 42.4 Å². The van der Waals surface area contributed by atoms with Gasteiger partial charge in [-0.25, -0.2) is 0 Å². The molecule has 1 aromatic heterocycles. The number of aromatic hydroxyl groups is 1. The van der Waals surface area contributed by atoms with Crippen molar-refractivity contribution in [1.29, 1.82) is 0 Å². The number of nitrogens with one attached hydrogen (secondary N) is 2. The van der Waals surface area contributed by atoms with Crippen LogP contribution >= 0.6 is 12.2 Å². The van der Waals surface area contributed by atoms with Crippen LogP contribution in [0.1, 0.15) is 11.1 Å². The molecule has 1 aliphatic rings. The molecule has 0 fully saturated rings. The van der Waals surface area contributed by atoms with Crippen LogP contribution in [0, 0.1) is 6.92 Å². The van der Waals surface area contributed by atoms with Crippen molar-refractivity contribution in [2.45, 2.75) is 13.5 Å². The molecule has 0 spiro atoms. The number of benzene rings is 2. The zero-order valence-electron chi connectivity index (χ0n) is 13.9. The Balaban J connectivity index is 1.45. The molecule has 3 aromatic rings. The predicted molar refractivity (Wildman–Crippen MR) is 101 cm³/mol. The van der Waals surface area contributed by atoms with Crippen LogP contribution in [0.4, 0.5) is 5.69 Å². The number of aromatic amines is 1. The Morgan fingerprint density at radius 2 is 2.12 bits per heavy atom. The number of nitrogens with zero attached hydrogens (tertiary/aromatic N) is 2. The number of hydrogen-bond donors (Lipinski definition) is 3. The maximum atomic E-state index is 10.1. The van der Waals surface area contributed by atoms with Gasteiger partial charge in [-0.2, -0.15) is 0 Å². The fraction of sp³-hybridized carbons (Fsp3) is 0.167. The minimum atomic E-state index is -0.0309. The molecule has 0 saturated heterocycles. The third-order valence-corrected chi connectivity index (χ3v) is 4.34. The molecule has 0 bridgehead atoms. The lowest BCUT2D eigenvalue weighted by molar-refractivity contribution is 0.174. The van der Waals surface area contributed by atoms with Crippen molar-refractivity contribution in [3.63, 3.8) is 0 Å². The highest BCUT2D eigenvalue weighted by Gasteiger charge is 2.14. The number of fused-ring (bicyclic) bond motifs is 2. The Morgan fingerprint density at radius 1 is 1.27 bits per heavy atom. The summed E-state index contributed by atoms with van der Waals surface area (Å²) in [5.74, 6) is 1.42. The number of hydrogen-bond acceptors (Lipinski definition) is 5. The van der Waals surface area contributed by atoms with Crippen molar-refractivity contribution >= 4 is 33.9 Å². The first kappa shape index (κ1) is 16.3. The topological polar surface area (TPSA) is 91.2 Å². The van der Waals surface area contributed by atoms with E-state index in [9.17, 15) is 5.11 Å². The zero-order valence-corrected chi connectivity index (χ0v) is 14.8. The predicted octanol–water partition coefficient (Wildman–Crippen LogP) is 4.07. The molecule has 3 N–H and O–H groups in total. The number of para-hydroxylation sites is 1. The van der Waals surface area contributed by atoms with Crippen molar-refractivity contribution in [1.82, 2.24) is 10.3 Å². The fourth-order valence-electron chi connectivity index (χ4n) is 2.80. The van der Waals surface area contributed by atoms with Crippen LogP contribution in [-0.4, -0.2) is 22.0 Å². The summed E-state index contributed by atoms with van der Waals surface area (Å²) in [5, 5.41) is 22.2. The van der Waals surface area contributed by atoms with E-state index in [1.807, 2.05) is 43.3 Å². The summed E-state index contributed by atoms with van der Waals surface area (Å²) in [7, 11) is 0. The van der Waals surface area contributed by atoms with Crippen LogP contribution < -0.4 is 14.8 Å². The standard InChI is InChI=1S/C18H16N4O3S/c1-10-3-2-4-12-15(10)20-17(23)16(12)21-22-18(26)19-8-11-5-6-13-14(7-11)25-9-24-13/h2-7,20,23H,8-9H2,1H3,(H,19,26).